The minimum atomic E-state index is -2.66. The lowest BCUT2D eigenvalue weighted by Crippen LogP contribution is -2.70. The molecule has 3 aromatic heterocycles. The molecule has 0 bridgehead atoms. The zero-order chi connectivity index (χ0) is 35.0. The summed E-state index contributed by atoms with van der Waals surface area (Å²) in [5, 5.41) is 59.5. The molecule has 252 valence electrons. The topological polar surface area (TPSA) is 249 Å². The lowest BCUT2D eigenvalue weighted by molar-refractivity contribution is -0.658. The van der Waals surface area contributed by atoms with Gasteiger partial charge in [0.1, 0.15) is 29.0 Å². The van der Waals surface area contributed by atoms with Crippen LogP contribution in [0.2, 0.25) is 0 Å². The van der Waals surface area contributed by atoms with Crippen LogP contribution in [0.5, 0.6) is 17.2 Å². The largest absolute Gasteiger partial charge is 0.504 e. The Balaban J connectivity index is 1.17. The lowest BCUT2D eigenvalue weighted by atomic mass is 9.90. The molecule has 1 aromatic carbocycles. The molecule has 0 aliphatic carbocycles. The molecule has 2 aliphatic rings. The van der Waals surface area contributed by atoms with Crippen molar-refractivity contribution in [1.82, 2.24) is 15.2 Å². The van der Waals surface area contributed by atoms with E-state index in [9.17, 15) is 44.7 Å². The lowest BCUT2D eigenvalue weighted by Gasteiger charge is -2.49. The van der Waals surface area contributed by atoms with Crippen LogP contribution in [0.1, 0.15) is 11.3 Å². The Hall–Kier alpha value is -5.66. The van der Waals surface area contributed by atoms with Crippen molar-refractivity contribution in [2.75, 3.05) is 11.5 Å². The number of nitrogens with one attached hydrogen (secondary N) is 1. The minimum absolute atomic E-state index is 0.0560. The van der Waals surface area contributed by atoms with Crippen LogP contribution in [0, 0.1) is 0 Å². The van der Waals surface area contributed by atoms with E-state index in [1.807, 2.05) is 40.4 Å². The normalized spacial score (nSPS) is 18.8. The highest BCUT2D eigenvalue weighted by molar-refractivity contribution is 8.00. The van der Waals surface area contributed by atoms with E-state index in [1.54, 1.807) is 17.4 Å². The molecular formula is C30H25N6O10S3+. The fourth-order valence-corrected chi connectivity index (χ4v) is 8.14. The standard InChI is InChI=1S/C30H24N6O10S3/c31-29-33-19(13-49-29)30(28(44)45,16-9-17(37)23(40)18(38)10-16)46-32-11-20(39)34-21-24(41)36-22(27(42)43)15(12-48-26(21)36)4-2-7-35-6-1-3-14-5-8-47-25(14)35/h1-6,8-11,13,21,26H,7,12H2,(H7-,31,32,33,34,37,38,39,40,42,43,44,45)/p+1/b4-2+/t21-,26+,30?/m0/s1. The maximum atomic E-state index is 13.1. The molecule has 2 aliphatic heterocycles. The quantitative estimate of drug-likeness (QED) is 0.0383. The number of rotatable bonds is 11. The van der Waals surface area contributed by atoms with Gasteiger partial charge < -0.3 is 41.4 Å². The van der Waals surface area contributed by atoms with E-state index in [-0.39, 0.29) is 22.3 Å². The number of benzene rings is 1. The fraction of sp³-hybridized carbons (Fsp3) is 0.167. The van der Waals surface area contributed by atoms with Crippen LogP contribution in [0.3, 0.4) is 0 Å². The number of fused-ring (bicyclic) bond motifs is 2. The summed E-state index contributed by atoms with van der Waals surface area (Å²) in [7, 11) is 0. The molecule has 19 heteroatoms. The van der Waals surface area contributed by atoms with Gasteiger partial charge >= 0.3 is 17.5 Å². The van der Waals surface area contributed by atoms with E-state index in [4.69, 9.17) is 10.6 Å². The average molecular weight is 726 g/mol. The zero-order valence-electron chi connectivity index (χ0n) is 24.8. The number of thiophene rings is 1. The Morgan fingerprint density at radius 1 is 1.18 bits per heavy atom. The Kier molecular flexibility index (Phi) is 8.88. The maximum absolute atomic E-state index is 13.1. The van der Waals surface area contributed by atoms with Gasteiger partial charge in [0.05, 0.1) is 5.39 Å². The van der Waals surface area contributed by atoms with E-state index in [1.165, 1.54) is 17.1 Å². The van der Waals surface area contributed by atoms with Gasteiger partial charge in [-0.2, -0.15) is 4.57 Å². The van der Waals surface area contributed by atoms with Gasteiger partial charge in [-0.15, -0.1) is 23.1 Å². The number of oxime groups is 1. The van der Waals surface area contributed by atoms with Crippen LogP contribution in [0.15, 0.2) is 75.9 Å². The number of phenols is 3. The number of phenolic OH excluding ortho intramolecular Hbond substituents is 3. The maximum Gasteiger partial charge on any atom is 0.362 e. The van der Waals surface area contributed by atoms with E-state index < -0.39 is 63.6 Å². The van der Waals surface area contributed by atoms with Crippen LogP contribution in [-0.2, 0) is 36.2 Å². The second kappa shape index (κ2) is 13.1. The van der Waals surface area contributed by atoms with E-state index in [2.05, 4.69) is 15.5 Å². The Morgan fingerprint density at radius 3 is 2.61 bits per heavy atom. The molecule has 3 atom stereocenters. The molecule has 0 saturated carbocycles. The first-order chi connectivity index (χ1) is 23.4. The summed E-state index contributed by atoms with van der Waals surface area (Å²) in [6.45, 7) is 0.477. The predicted octanol–water partition coefficient (Wildman–Crippen LogP) is 1.67. The monoisotopic (exact) mass is 725 g/mol. The van der Waals surface area contributed by atoms with Crippen molar-refractivity contribution >= 4 is 79.8 Å². The van der Waals surface area contributed by atoms with Crippen molar-refractivity contribution in [3.05, 3.63) is 82.0 Å². The zero-order valence-corrected chi connectivity index (χ0v) is 27.2. The first-order valence-electron chi connectivity index (χ1n) is 14.1. The Bertz CT molecular complexity index is 2090. The Morgan fingerprint density at radius 2 is 1.94 bits per heavy atom. The number of thiazole rings is 1. The van der Waals surface area contributed by atoms with Crippen molar-refractivity contribution < 1.29 is 54.1 Å². The third-order valence-electron chi connectivity index (χ3n) is 7.62. The fourth-order valence-electron chi connectivity index (χ4n) is 5.33. The predicted molar refractivity (Wildman–Crippen MR) is 177 cm³/mol. The number of aromatic nitrogens is 2. The second-order valence-corrected chi connectivity index (χ2v) is 13.5. The number of thioether (sulfide) groups is 1. The number of anilines is 1. The van der Waals surface area contributed by atoms with Gasteiger partial charge in [0.15, 0.2) is 35.1 Å². The summed E-state index contributed by atoms with van der Waals surface area (Å²) in [5.74, 6) is -7.11. The summed E-state index contributed by atoms with van der Waals surface area (Å²) < 4.78 is 2.02. The number of hydrogen-bond donors (Lipinski definition) is 7. The number of aromatic hydroxyl groups is 3. The van der Waals surface area contributed by atoms with Gasteiger partial charge in [0, 0.05) is 22.8 Å². The molecule has 1 fully saturated rings. The molecule has 8 N–H and O–H groups in total. The molecule has 2 amide bonds. The summed E-state index contributed by atoms with van der Waals surface area (Å²) in [4.78, 5) is 62.3. The van der Waals surface area contributed by atoms with Crippen LogP contribution < -0.4 is 15.6 Å². The SMILES string of the molecule is Nc1nc(C(O/N=C\C(=O)N[C@H]2C(=O)N3C(C(=O)O)=C(/C=C/C[n+]4cccc5ccsc54)CS[C@H]23)(C(=O)O)c2cc(O)c(O)c(O)c2)cs1. The molecule has 0 spiro atoms. The first-order valence-corrected chi connectivity index (χ1v) is 16.9. The summed E-state index contributed by atoms with van der Waals surface area (Å²) >= 11 is 3.69. The summed E-state index contributed by atoms with van der Waals surface area (Å²) in [6.07, 6.45) is 5.97. The van der Waals surface area contributed by atoms with Crippen molar-refractivity contribution in [1.29, 1.82) is 0 Å². The number of nitrogens with two attached hydrogens (primary N) is 1. The van der Waals surface area contributed by atoms with Gasteiger partial charge in [-0.1, -0.05) is 22.6 Å². The van der Waals surface area contributed by atoms with Crippen molar-refractivity contribution in [2.45, 2.75) is 23.6 Å². The van der Waals surface area contributed by atoms with Gasteiger partial charge in [-0.3, -0.25) is 14.5 Å². The third kappa shape index (κ3) is 5.98. The number of carboxylic acid groups (broad SMARTS) is 2. The van der Waals surface area contributed by atoms with Gasteiger partial charge in [-0.25, -0.2) is 14.6 Å². The second-order valence-electron chi connectivity index (χ2n) is 10.6. The highest BCUT2D eigenvalue weighted by Gasteiger charge is 2.54. The number of carbonyl (C=O) groups is 4. The highest BCUT2D eigenvalue weighted by atomic mass is 32.2. The van der Waals surface area contributed by atoms with Crippen LogP contribution in [0.25, 0.3) is 10.2 Å². The molecule has 49 heavy (non-hydrogen) atoms. The van der Waals surface area contributed by atoms with Crippen molar-refractivity contribution in [3.63, 3.8) is 0 Å². The number of nitrogens with zero attached hydrogens (tertiary/aromatic N) is 4. The first kappa shape index (κ1) is 33.2. The van der Waals surface area contributed by atoms with E-state index >= 15 is 0 Å². The molecule has 6 rings (SSSR count). The van der Waals surface area contributed by atoms with Gasteiger partial charge in [0.2, 0.25) is 0 Å². The van der Waals surface area contributed by atoms with Gasteiger partial charge in [0.25, 0.3) is 16.6 Å². The van der Waals surface area contributed by atoms with Gasteiger partial charge in [-0.05, 0) is 41.3 Å². The molecule has 1 unspecified atom stereocenters. The third-order valence-corrected chi connectivity index (χ3v) is 10.6. The molecule has 4 aromatic rings. The number of β-lactam (4-membered cyclic amide) rings is 1. The van der Waals surface area contributed by atoms with Crippen molar-refractivity contribution in [3.8, 4) is 17.2 Å². The number of hydrogen-bond acceptors (Lipinski definition) is 14. The summed E-state index contributed by atoms with van der Waals surface area (Å²) in [5.41, 5.74) is 2.51. The number of carbonyl (C=O) groups excluding carboxylic acids is 2. The number of allylic oxidation sites excluding steroid dienone is 2. The number of aliphatic carboxylic acids is 2. The summed E-state index contributed by atoms with van der Waals surface area (Å²) in [6, 6.07) is 6.41. The molecular weight excluding hydrogens is 701 g/mol. The molecule has 16 nitrogen and oxygen atoms in total. The van der Waals surface area contributed by atoms with E-state index in [0.717, 1.165) is 38.6 Å². The average Bonchev–Trinajstić information content (AvgIpc) is 3.73. The van der Waals surface area contributed by atoms with Crippen molar-refractivity contribution in [2.24, 2.45) is 5.16 Å². The van der Waals surface area contributed by atoms with Crippen LogP contribution in [-0.4, -0.2) is 82.6 Å². The molecule has 5 heterocycles. The van der Waals surface area contributed by atoms with E-state index in [0.29, 0.717) is 18.3 Å². The Labute approximate surface area is 287 Å². The minimum Gasteiger partial charge on any atom is -0.504 e. The smallest absolute Gasteiger partial charge is 0.362 e. The number of carboxylic acids is 2. The van der Waals surface area contributed by atoms with Crippen LogP contribution >= 0.6 is 34.4 Å². The number of nitrogen functional groups attached to an aromatic ring is 1. The molecule has 0 radical (unpaired) electrons. The molecule has 1 saturated heterocycles. The number of pyridine rings is 1. The number of amides is 2. The highest BCUT2D eigenvalue weighted by Crippen LogP contribution is 2.44. The van der Waals surface area contributed by atoms with Crippen LogP contribution in [0.4, 0.5) is 5.13 Å².